The molecule has 0 unspecified atom stereocenters. The smallest absolute Gasteiger partial charge is 0.224 e. The Hall–Kier alpha value is -1.75. The first-order valence-electron chi connectivity index (χ1n) is 7.11. The van der Waals surface area contributed by atoms with Crippen LogP contribution < -0.4 is 10.1 Å². The normalized spacial score (nSPS) is 10.4. The molecule has 0 aromatic heterocycles. The van der Waals surface area contributed by atoms with Gasteiger partial charge >= 0.3 is 0 Å². The van der Waals surface area contributed by atoms with Crippen LogP contribution >= 0.6 is 23.2 Å². The zero-order valence-corrected chi connectivity index (χ0v) is 13.9. The Morgan fingerprint density at radius 3 is 2.39 bits per heavy atom. The van der Waals surface area contributed by atoms with Crippen molar-refractivity contribution < 1.29 is 14.6 Å². The highest BCUT2D eigenvalue weighted by Crippen LogP contribution is 2.23. The Bertz CT molecular complexity index is 659. The first kappa shape index (κ1) is 17.6. The number of nitrogens with one attached hydrogen (secondary N) is 1. The summed E-state index contributed by atoms with van der Waals surface area (Å²) in [5.74, 6) is 0.583. The first-order chi connectivity index (χ1) is 11.1. The Labute approximate surface area is 145 Å². The van der Waals surface area contributed by atoms with Crippen LogP contribution in [0.5, 0.6) is 5.75 Å². The SMILES string of the molecule is O=C(Cc1ccc(OCc2ccc(Cl)c(Cl)c2)cc1)NCCO. The molecule has 2 aromatic rings. The topological polar surface area (TPSA) is 58.6 Å². The number of rotatable bonds is 7. The summed E-state index contributed by atoms with van der Waals surface area (Å²) in [5, 5.41) is 12.3. The van der Waals surface area contributed by atoms with E-state index in [0.717, 1.165) is 11.1 Å². The van der Waals surface area contributed by atoms with Gasteiger partial charge in [0.15, 0.2) is 0 Å². The van der Waals surface area contributed by atoms with Crippen LogP contribution in [0.15, 0.2) is 42.5 Å². The Balaban J connectivity index is 1.87. The van der Waals surface area contributed by atoms with E-state index in [-0.39, 0.29) is 25.5 Å². The maximum atomic E-state index is 11.5. The second-order valence-electron chi connectivity index (χ2n) is 4.93. The molecule has 0 aliphatic carbocycles. The zero-order chi connectivity index (χ0) is 16.7. The average Bonchev–Trinajstić information content (AvgIpc) is 2.55. The highest BCUT2D eigenvalue weighted by Gasteiger charge is 2.04. The molecule has 0 atom stereocenters. The van der Waals surface area contributed by atoms with Crippen LogP contribution in [0, 0.1) is 0 Å². The van der Waals surface area contributed by atoms with Gasteiger partial charge in [0.05, 0.1) is 23.1 Å². The Morgan fingerprint density at radius 1 is 1.04 bits per heavy atom. The van der Waals surface area contributed by atoms with Crippen LogP contribution in [0.3, 0.4) is 0 Å². The van der Waals surface area contributed by atoms with Gasteiger partial charge < -0.3 is 15.2 Å². The van der Waals surface area contributed by atoms with Gasteiger partial charge in [0, 0.05) is 6.54 Å². The van der Waals surface area contributed by atoms with Gasteiger partial charge in [-0.1, -0.05) is 41.4 Å². The maximum absolute atomic E-state index is 11.5. The number of benzene rings is 2. The molecule has 6 heteroatoms. The summed E-state index contributed by atoms with van der Waals surface area (Å²) < 4.78 is 5.68. The van der Waals surface area contributed by atoms with Crippen molar-refractivity contribution in [2.75, 3.05) is 13.2 Å². The second-order valence-corrected chi connectivity index (χ2v) is 5.75. The number of aliphatic hydroxyl groups is 1. The Kier molecular flexibility index (Phi) is 6.71. The van der Waals surface area contributed by atoms with Crippen LogP contribution in [-0.4, -0.2) is 24.2 Å². The lowest BCUT2D eigenvalue weighted by molar-refractivity contribution is -0.120. The number of hydrogen-bond donors (Lipinski definition) is 2. The van der Waals surface area contributed by atoms with Gasteiger partial charge in [0.25, 0.3) is 0 Å². The molecule has 2 rings (SSSR count). The molecule has 0 heterocycles. The first-order valence-corrected chi connectivity index (χ1v) is 7.87. The number of hydrogen-bond acceptors (Lipinski definition) is 3. The minimum atomic E-state index is -0.122. The molecule has 0 saturated heterocycles. The van der Waals surface area contributed by atoms with Crippen molar-refractivity contribution in [2.45, 2.75) is 13.0 Å². The van der Waals surface area contributed by atoms with E-state index >= 15 is 0 Å². The standard InChI is InChI=1S/C17H17Cl2NO3/c18-15-6-3-13(9-16(15)19)11-23-14-4-1-12(2-5-14)10-17(22)20-7-8-21/h1-6,9,21H,7-8,10-11H2,(H,20,22). The van der Waals surface area contributed by atoms with Crippen LogP contribution in [0.4, 0.5) is 0 Å². The quantitative estimate of drug-likeness (QED) is 0.803. The summed E-state index contributed by atoms with van der Waals surface area (Å²) in [6.45, 7) is 0.587. The van der Waals surface area contributed by atoms with Crippen molar-refractivity contribution in [2.24, 2.45) is 0 Å². The van der Waals surface area contributed by atoms with E-state index in [1.54, 1.807) is 12.1 Å². The molecule has 0 bridgehead atoms. The largest absolute Gasteiger partial charge is 0.489 e. The summed E-state index contributed by atoms with van der Waals surface area (Å²) in [6.07, 6.45) is 0.271. The predicted octanol–water partition coefficient (Wildman–Crippen LogP) is 3.22. The van der Waals surface area contributed by atoms with Crippen molar-refractivity contribution in [3.63, 3.8) is 0 Å². The summed E-state index contributed by atoms with van der Waals surface area (Å²) in [4.78, 5) is 11.5. The molecule has 0 aliphatic heterocycles. The number of carbonyl (C=O) groups excluding carboxylic acids is 1. The van der Waals surface area contributed by atoms with Crippen molar-refractivity contribution in [3.8, 4) is 5.75 Å². The fourth-order valence-corrected chi connectivity index (χ4v) is 2.26. The third-order valence-electron chi connectivity index (χ3n) is 3.11. The van der Waals surface area contributed by atoms with E-state index in [2.05, 4.69) is 5.32 Å². The number of ether oxygens (including phenoxy) is 1. The molecule has 0 saturated carbocycles. The number of halogens is 2. The van der Waals surface area contributed by atoms with Crippen LogP contribution in [0.25, 0.3) is 0 Å². The fourth-order valence-electron chi connectivity index (χ4n) is 1.94. The zero-order valence-electron chi connectivity index (χ0n) is 12.4. The lowest BCUT2D eigenvalue weighted by Crippen LogP contribution is -2.27. The molecule has 1 amide bonds. The summed E-state index contributed by atoms with van der Waals surface area (Å²) in [7, 11) is 0. The lowest BCUT2D eigenvalue weighted by Gasteiger charge is -2.08. The highest BCUT2D eigenvalue weighted by molar-refractivity contribution is 6.42. The van der Waals surface area contributed by atoms with E-state index in [1.807, 2.05) is 30.3 Å². The van der Waals surface area contributed by atoms with Gasteiger partial charge in [0.2, 0.25) is 5.91 Å². The number of amides is 1. The molecule has 0 fully saturated rings. The van der Waals surface area contributed by atoms with E-state index in [1.165, 1.54) is 0 Å². The lowest BCUT2D eigenvalue weighted by atomic mass is 10.1. The molecular weight excluding hydrogens is 337 g/mol. The third kappa shape index (κ3) is 5.75. The number of aliphatic hydroxyl groups excluding tert-OH is 1. The molecule has 2 N–H and O–H groups in total. The average molecular weight is 354 g/mol. The van der Waals surface area contributed by atoms with Crippen molar-refractivity contribution in [1.29, 1.82) is 0 Å². The van der Waals surface area contributed by atoms with Crippen molar-refractivity contribution >= 4 is 29.1 Å². The molecule has 122 valence electrons. The monoisotopic (exact) mass is 353 g/mol. The molecular formula is C17H17Cl2NO3. The molecule has 0 radical (unpaired) electrons. The minimum absolute atomic E-state index is 0.0623. The van der Waals surface area contributed by atoms with Gasteiger partial charge in [-0.05, 0) is 35.4 Å². The van der Waals surface area contributed by atoms with Gasteiger partial charge in [-0.15, -0.1) is 0 Å². The van der Waals surface area contributed by atoms with E-state index in [0.29, 0.717) is 22.4 Å². The van der Waals surface area contributed by atoms with Gasteiger partial charge in [-0.2, -0.15) is 0 Å². The van der Waals surface area contributed by atoms with Gasteiger partial charge in [-0.3, -0.25) is 4.79 Å². The maximum Gasteiger partial charge on any atom is 0.224 e. The second kappa shape index (κ2) is 8.77. The van der Waals surface area contributed by atoms with E-state index in [9.17, 15) is 4.79 Å². The van der Waals surface area contributed by atoms with Crippen LogP contribution in [0.1, 0.15) is 11.1 Å². The fraction of sp³-hybridized carbons (Fsp3) is 0.235. The van der Waals surface area contributed by atoms with E-state index in [4.69, 9.17) is 33.0 Å². The van der Waals surface area contributed by atoms with E-state index < -0.39 is 0 Å². The summed E-state index contributed by atoms with van der Waals surface area (Å²) >= 11 is 11.8. The number of carbonyl (C=O) groups is 1. The van der Waals surface area contributed by atoms with Gasteiger partial charge in [-0.25, -0.2) is 0 Å². The summed E-state index contributed by atoms with van der Waals surface area (Å²) in [6, 6.07) is 12.7. The minimum Gasteiger partial charge on any atom is -0.489 e. The predicted molar refractivity (Wildman–Crippen MR) is 91.0 cm³/mol. The third-order valence-corrected chi connectivity index (χ3v) is 3.85. The van der Waals surface area contributed by atoms with Gasteiger partial charge in [0.1, 0.15) is 12.4 Å². The van der Waals surface area contributed by atoms with Crippen LogP contribution in [-0.2, 0) is 17.8 Å². The highest BCUT2D eigenvalue weighted by atomic mass is 35.5. The van der Waals surface area contributed by atoms with Crippen LogP contribution in [0.2, 0.25) is 10.0 Å². The molecule has 2 aromatic carbocycles. The van der Waals surface area contributed by atoms with Crippen molar-refractivity contribution in [1.82, 2.24) is 5.32 Å². The molecule has 0 aliphatic rings. The molecule has 0 spiro atoms. The van der Waals surface area contributed by atoms with Crippen molar-refractivity contribution in [3.05, 3.63) is 63.6 Å². The molecule has 23 heavy (non-hydrogen) atoms. The molecule has 4 nitrogen and oxygen atoms in total. The Morgan fingerprint density at radius 2 is 1.74 bits per heavy atom. The summed E-state index contributed by atoms with van der Waals surface area (Å²) in [5.41, 5.74) is 1.80.